The first-order valence-electron chi connectivity index (χ1n) is 8.31. The molecule has 0 fully saturated rings. The summed E-state index contributed by atoms with van der Waals surface area (Å²) >= 11 is 12.0. The van der Waals surface area contributed by atoms with Gasteiger partial charge >= 0.3 is 0 Å². The number of hydrogen-bond donors (Lipinski definition) is 0. The number of nitrogens with zero attached hydrogens (tertiary/aromatic N) is 2. The molecule has 4 rings (SSSR count). The van der Waals surface area contributed by atoms with E-state index in [2.05, 4.69) is 10.1 Å². The molecule has 0 saturated heterocycles. The topological polar surface area (TPSA) is 38.9 Å². The van der Waals surface area contributed by atoms with Crippen LogP contribution in [0.1, 0.15) is 11.3 Å². The van der Waals surface area contributed by atoms with Crippen LogP contribution < -0.4 is 0 Å². The lowest BCUT2D eigenvalue weighted by Crippen LogP contribution is -1.78. The number of aromatic nitrogens is 2. The van der Waals surface area contributed by atoms with Gasteiger partial charge in [0.25, 0.3) is 0 Å². The Kier molecular flexibility index (Phi) is 5.05. The monoisotopic (exact) mass is 392 g/mol. The standard InChI is InChI=1S/C22H14Cl2N2O/c23-19-11-9-17(13-20(19)24)21-14-22(27-26-21)16-7-4-15(5-8-16)6-10-18-3-1-2-12-25-18/h1-14H/b10-6+. The van der Waals surface area contributed by atoms with Crippen molar-refractivity contribution in [1.29, 1.82) is 0 Å². The fraction of sp³-hybridized carbons (Fsp3) is 0. The minimum Gasteiger partial charge on any atom is -0.356 e. The predicted octanol–water partition coefficient (Wildman–Crippen LogP) is 6.88. The molecule has 0 bridgehead atoms. The first kappa shape index (κ1) is 17.5. The van der Waals surface area contributed by atoms with Crippen LogP contribution >= 0.6 is 23.2 Å². The normalized spacial score (nSPS) is 11.2. The zero-order valence-electron chi connectivity index (χ0n) is 14.1. The highest BCUT2D eigenvalue weighted by Crippen LogP contribution is 2.30. The molecule has 0 unspecified atom stereocenters. The molecule has 0 aliphatic rings. The fourth-order valence-corrected chi connectivity index (χ4v) is 2.92. The molecular formula is C22H14Cl2N2O. The van der Waals surface area contributed by atoms with Gasteiger partial charge in [0.2, 0.25) is 0 Å². The van der Waals surface area contributed by atoms with Crippen molar-refractivity contribution in [2.75, 3.05) is 0 Å². The van der Waals surface area contributed by atoms with Gasteiger partial charge in [0.1, 0.15) is 5.69 Å². The van der Waals surface area contributed by atoms with Crippen molar-refractivity contribution >= 4 is 35.4 Å². The minimum absolute atomic E-state index is 0.489. The molecule has 0 spiro atoms. The van der Waals surface area contributed by atoms with Gasteiger partial charge in [-0.25, -0.2) is 0 Å². The Hall–Kier alpha value is -2.88. The zero-order valence-corrected chi connectivity index (χ0v) is 15.7. The van der Waals surface area contributed by atoms with E-state index in [1.165, 1.54) is 0 Å². The number of rotatable bonds is 4. The third-order valence-corrected chi connectivity index (χ3v) is 4.79. The molecule has 5 heteroatoms. The van der Waals surface area contributed by atoms with Gasteiger partial charge in [-0.15, -0.1) is 0 Å². The van der Waals surface area contributed by atoms with Gasteiger partial charge in [0, 0.05) is 23.4 Å². The number of benzene rings is 2. The lowest BCUT2D eigenvalue weighted by molar-refractivity contribution is 0.435. The van der Waals surface area contributed by atoms with Gasteiger partial charge in [0.05, 0.1) is 15.7 Å². The van der Waals surface area contributed by atoms with Crippen molar-refractivity contribution in [3.05, 3.63) is 94.2 Å². The highest BCUT2D eigenvalue weighted by molar-refractivity contribution is 6.42. The van der Waals surface area contributed by atoms with E-state index < -0.39 is 0 Å². The Morgan fingerprint density at radius 1 is 0.778 bits per heavy atom. The molecule has 3 nitrogen and oxygen atoms in total. The van der Waals surface area contributed by atoms with Crippen LogP contribution in [0.3, 0.4) is 0 Å². The summed E-state index contributed by atoms with van der Waals surface area (Å²) in [4.78, 5) is 4.27. The lowest BCUT2D eigenvalue weighted by Gasteiger charge is -1.98. The molecule has 0 atom stereocenters. The SMILES string of the molecule is Clc1ccc(-c2cc(-c3ccc(/C=C/c4ccccn4)cc3)on2)cc1Cl. The van der Waals surface area contributed by atoms with E-state index in [-0.39, 0.29) is 0 Å². The summed E-state index contributed by atoms with van der Waals surface area (Å²) in [6, 6.07) is 21.1. The average Bonchev–Trinajstić information content (AvgIpc) is 3.20. The number of pyridine rings is 1. The largest absolute Gasteiger partial charge is 0.356 e. The van der Waals surface area contributed by atoms with E-state index in [0.29, 0.717) is 21.5 Å². The van der Waals surface area contributed by atoms with Gasteiger partial charge < -0.3 is 4.52 Å². The van der Waals surface area contributed by atoms with Gasteiger partial charge in [-0.3, -0.25) is 4.98 Å². The predicted molar refractivity (Wildman–Crippen MR) is 111 cm³/mol. The van der Waals surface area contributed by atoms with Crippen LogP contribution in [0.5, 0.6) is 0 Å². The lowest BCUT2D eigenvalue weighted by atomic mass is 10.1. The summed E-state index contributed by atoms with van der Waals surface area (Å²) < 4.78 is 5.49. The van der Waals surface area contributed by atoms with Crippen LogP contribution in [0.25, 0.3) is 34.7 Å². The van der Waals surface area contributed by atoms with Crippen molar-refractivity contribution in [2.24, 2.45) is 0 Å². The smallest absolute Gasteiger partial charge is 0.167 e. The van der Waals surface area contributed by atoms with Crippen molar-refractivity contribution in [3.63, 3.8) is 0 Å². The average molecular weight is 393 g/mol. The molecule has 2 aromatic carbocycles. The van der Waals surface area contributed by atoms with E-state index in [1.54, 1.807) is 18.3 Å². The Morgan fingerprint density at radius 3 is 2.33 bits per heavy atom. The molecular weight excluding hydrogens is 379 g/mol. The van der Waals surface area contributed by atoms with E-state index in [0.717, 1.165) is 22.4 Å². The van der Waals surface area contributed by atoms with Crippen molar-refractivity contribution < 1.29 is 4.52 Å². The Bertz CT molecular complexity index is 1090. The minimum atomic E-state index is 0.489. The van der Waals surface area contributed by atoms with Crippen LogP contribution in [0, 0.1) is 0 Å². The molecule has 27 heavy (non-hydrogen) atoms. The summed E-state index contributed by atoms with van der Waals surface area (Å²) in [6.45, 7) is 0. The molecule has 0 radical (unpaired) electrons. The molecule has 2 heterocycles. The molecule has 4 aromatic rings. The first-order chi connectivity index (χ1) is 13.2. The zero-order chi connectivity index (χ0) is 18.6. The Balaban J connectivity index is 1.53. The summed E-state index contributed by atoms with van der Waals surface area (Å²) in [5, 5.41) is 5.13. The van der Waals surface area contributed by atoms with E-state index in [4.69, 9.17) is 27.7 Å². The molecule has 0 saturated carbocycles. The molecule has 0 amide bonds. The fourth-order valence-electron chi connectivity index (χ4n) is 2.62. The Labute approximate surface area is 166 Å². The summed E-state index contributed by atoms with van der Waals surface area (Å²) in [5.41, 5.74) is 4.51. The molecule has 0 N–H and O–H groups in total. The maximum Gasteiger partial charge on any atom is 0.167 e. The second-order valence-electron chi connectivity index (χ2n) is 5.92. The van der Waals surface area contributed by atoms with Crippen molar-refractivity contribution in [3.8, 4) is 22.6 Å². The van der Waals surface area contributed by atoms with Crippen LogP contribution in [0.4, 0.5) is 0 Å². The maximum atomic E-state index is 6.08. The summed E-state index contributed by atoms with van der Waals surface area (Å²) in [7, 11) is 0. The number of hydrogen-bond acceptors (Lipinski definition) is 3. The second kappa shape index (κ2) is 7.78. The van der Waals surface area contributed by atoms with Crippen LogP contribution in [0.2, 0.25) is 10.0 Å². The maximum absolute atomic E-state index is 6.08. The Morgan fingerprint density at radius 2 is 1.59 bits per heavy atom. The quantitative estimate of drug-likeness (QED) is 0.379. The second-order valence-corrected chi connectivity index (χ2v) is 6.73. The third-order valence-electron chi connectivity index (χ3n) is 4.06. The molecule has 132 valence electrons. The van der Waals surface area contributed by atoms with Crippen molar-refractivity contribution in [1.82, 2.24) is 10.1 Å². The van der Waals surface area contributed by atoms with Gasteiger partial charge in [0.15, 0.2) is 5.76 Å². The summed E-state index contributed by atoms with van der Waals surface area (Å²) in [5.74, 6) is 0.691. The van der Waals surface area contributed by atoms with Crippen molar-refractivity contribution in [2.45, 2.75) is 0 Å². The highest BCUT2D eigenvalue weighted by Gasteiger charge is 2.10. The van der Waals surface area contributed by atoms with Crippen LogP contribution in [0.15, 0.2) is 77.4 Å². The third kappa shape index (κ3) is 4.11. The van der Waals surface area contributed by atoms with Crippen LogP contribution in [-0.4, -0.2) is 10.1 Å². The molecule has 0 aliphatic carbocycles. The van der Waals surface area contributed by atoms with E-state index in [9.17, 15) is 0 Å². The first-order valence-corrected chi connectivity index (χ1v) is 9.06. The highest BCUT2D eigenvalue weighted by atomic mass is 35.5. The van der Waals surface area contributed by atoms with Crippen LogP contribution in [-0.2, 0) is 0 Å². The van der Waals surface area contributed by atoms with Gasteiger partial charge in [-0.2, -0.15) is 0 Å². The molecule has 2 aromatic heterocycles. The molecule has 0 aliphatic heterocycles. The van der Waals surface area contributed by atoms with E-state index in [1.807, 2.05) is 66.7 Å². The van der Waals surface area contributed by atoms with Gasteiger partial charge in [-0.1, -0.05) is 70.8 Å². The van der Waals surface area contributed by atoms with E-state index >= 15 is 0 Å². The summed E-state index contributed by atoms with van der Waals surface area (Å²) in [6.07, 6.45) is 5.78. The number of halogens is 2. The van der Waals surface area contributed by atoms with Gasteiger partial charge in [-0.05, 0) is 35.9 Å².